The fourth-order valence-corrected chi connectivity index (χ4v) is 3.67. The number of likely N-dealkylation sites (tertiary alicyclic amines) is 1. The van der Waals surface area contributed by atoms with E-state index in [1.165, 1.54) is 5.56 Å². The van der Waals surface area contributed by atoms with Gasteiger partial charge < -0.3 is 15.4 Å². The zero-order valence-electron chi connectivity index (χ0n) is 17.5. The number of hydrogen-bond acceptors (Lipinski definition) is 4. The van der Waals surface area contributed by atoms with E-state index in [4.69, 9.17) is 10.5 Å². The fourth-order valence-electron chi connectivity index (χ4n) is 3.67. The normalized spacial score (nSPS) is 15.2. The van der Waals surface area contributed by atoms with Gasteiger partial charge in [-0.15, -0.1) is 0 Å². The monoisotopic (exact) mass is 394 g/mol. The molecule has 0 aromatic heterocycles. The van der Waals surface area contributed by atoms with Crippen molar-refractivity contribution in [1.29, 1.82) is 0 Å². The molecule has 0 aliphatic carbocycles. The number of esters is 1. The summed E-state index contributed by atoms with van der Waals surface area (Å²) in [5.74, 6) is 0.0179. The number of benzene rings is 2. The zero-order chi connectivity index (χ0) is 21.0. The Morgan fingerprint density at radius 3 is 2.34 bits per heavy atom. The first-order valence-corrected chi connectivity index (χ1v) is 10.2. The first-order chi connectivity index (χ1) is 13.7. The quantitative estimate of drug-likeness (QED) is 0.619. The fraction of sp³-hybridized carbons (Fsp3) is 0.417. The molecule has 5 nitrogen and oxygen atoms in total. The Kier molecular flexibility index (Phi) is 6.26. The summed E-state index contributed by atoms with van der Waals surface area (Å²) < 4.78 is 5.41. The molecule has 0 spiro atoms. The van der Waals surface area contributed by atoms with Crippen molar-refractivity contribution in [3.8, 4) is 0 Å². The summed E-state index contributed by atoms with van der Waals surface area (Å²) in [6, 6.07) is 15.3. The smallest absolute Gasteiger partial charge is 0.340 e. The van der Waals surface area contributed by atoms with Crippen molar-refractivity contribution >= 4 is 17.6 Å². The van der Waals surface area contributed by atoms with Gasteiger partial charge in [0.1, 0.15) is 5.60 Å². The van der Waals surface area contributed by atoms with E-state index in [2.05, 4.69) is 24.3 Å². The SMILES string of the molecule is CC(C)(C)OC(=O)c1cc(C(=O)N2CCC(Cc3ccccc3)CC2)ccc1N. The predicted molar refractivity (Wildman–Crippen MR) is 115 cm³/mol. The van der Waals surface area contributed by atoms with Gasteiger partial charge in [0, 0.05) is 24.3 Å². The Balaban J connectivity index is 1.64. The number of hydrogen-bond donors (Lipinski definition) is 1. The molecule has 2 aromatic carbocycles. The number of ether oxygens (including phenoxy) is 1. The van der Waals surface area contributed by atoms with Crippen LogP contribution in [0.4, 0.5) is 5.69 Å². The molecule has 0 radical (unpaired) electrons. The van der Waals surface area contributed by atoms with Gasteiger partial charge in [-0.3, -0.25) is 4.79 Å². The number of carbonyl (C=O) groups is 2. The van der Waals surface area contributed by atoms with E-state index in [9.17, 15) is 9.59 Å². The highest BCUT2D eigenvalue weighted by Crippen LogP contribution is 2.24. The summed E-state index contributed by atoms with van der Waals surface area (Å²) in [6.07, 6.45) is 3.01. The molecule has 1 aliphatic heterocycles. The third-order valence-corrected chi connectivity index (χ3v) is 5.19. The molecule has 0 atom stereocenters. The maximum absolute atomic E-state index is 13.0. The van der Waals surface area contributed by atoms with E-state index >= 15 is 0 Å². The number of nitrogens with two attached hydrogens (primary N) is 1. The molecule has 5 heteroatoms. The Morgan fingerprint density at radius 1 is 1.07 bits per heavy atom. The van der Waals surface area contributed by atoms with E-state index < -0.39 is 11.6 Å². The van der Waals surface area contributed by atoms with Gasteiger partial charge in [0.25, 0.3) is 5.91 Å². The Morgan fingerprint density at radius 2 is 1.72 bits per heavy atom. The summed E-state index contributed by atoms with van der Waals surface area (Å²) in [5, 5.41) is 0. The van der Waals surface area contributed by atoms with Crippen molar-refractivity contribution in [1.82, 2.24) is 4.90 Å². The molecule has 1 saturated heterocycles. The molecule has 29 heavy (non-hydrogen) atoms. The summed E-state index contributed by atoms with van der Waals surface area (Å²) in [6.45, 7) is 6.85. The first kappa shape index (κ1) is 20.9. The molecule has 2 N–H and O–H groups in total. The topological polar surface area (TPSA) is 72.6 Å². The molecule has 2 aromatic rings. The van der Waals surface area contributed by atoms with Gasteiger partial charge in [-0.1, -0.05) is 30.3 Å². The second kappa shape index (κ2) is 8.68. The van der Waals surface area contributed by atoms with Gasteiger partial charge in [-0.25, -0.2) is 4.79 Å². The summed E-state index contributed by atoms with van der Waals surface area (Å²) in [4.78, 5) is 27.3. The van der Waals surface area contributed by atoms with E-state index in [0.717, 1.165) is 32.4 Å². The van der Waals surface area contributed by atoms with Crippen molar-refractivity contribution < 1.29 is 14.3 Å². The lowest BCUT2D eigenvalue weighted by atomic mass is 9.90. The highest BCUT2D eigenvalue weighted by Gasteiger charge is 2.26. The van der Waals surface area contributed by atoms with Gasteiger partial charge >= 0.3 is 5.97 Å². The van der Waals surface area contributed by atoms with Crippen molar-refractivity contribution in [3.63, 3.8) is 0 Å². The van der Waals surface area contributed by atoms with Gasteiger partial charge in [0.05, 0.1) is 5.56 Å². The zero-order valence-corrected chi connectivity index (χ0v) is 17.5. The summed E-state index contributed by atoms with van der Waals surface area (Å²) in [5.41, 5.74) is 7.71. The Hall–Kier alpha value is -2.82. The van der Waals surface area contributed by atoms with Crippen LogP contribution in [0.2, 0.25) is 0 Å². The van der Waals surface area contributed by atoms with E-state index in [1.54, 1.807) is 39.0 Å². The highest BCUT2D eigenvalue weighted by molar-refractivity contribution is 6.01. The minimum atomic E-state index is -0.621. The second-order valence-corrected chi connectivity index (χ2v) is 8.73. The van der Waals surface area contributed by atoms with Crippen LogP contribution in [0.25, 0.3) is 0 Å². The van der Waals surface area contributed by atoms with Crippen LogP contribution >= 0.6 is 0 Å². The van der Waals surface area contributed by atoms with Gasteiger partial charge in [-0.2, -0.15) is 0 Å². The molecule has 0 saturated carbocycles. The predicted octanol–water partition coefficient (Wildman–Crippen LogP) is 4.32. The molecule has 154 valence electrons. The summed E-state index contributed by atoms with van der Waals surface area (Å²) >= 11 is 0. The van der Waals surface area contributed by atoms with Crippen LogP contribution in [-0.4, -0.2) is 35.5 Å². The largest absolute Gasteiger partial charge is 0.456 e. The minimum Gasteiger partial charge on any atom is -0.456 e. The molecule has 1 fully saturated rings. The highest BCUT2D eigenvalue weighted by atomic mass is 16.6. The standard InChI is InChI=1S/C24H30N2O3/c1-24(2,3)29-23(28)20-16-19(9-10-21(20)25)22(27)26-13-11-18(12-14-26)15-17-7-5-4-6-8-17/h4-10,16,18H,11-15,25H2,1-3H3. The molecule has 0 unspecified atom stereocenters. The summed E-state index contributed by atoms with van der Waals surface area (Å²) in [7, 11) is 0. The van der Waals surface area contributed by atoms with Gasteiger partial charge in [0.2, 0.25) is 0 Å². The lowest BCUT2D eigenvalue weighted by Crippen LogP contribution is -2.39. The number of nitrogen functional groups attached to an aromatic ring is 1. The van der Waals surface area contributed by atoms with Crippen molar-refractivity contribution in [2.45, 2.75) is 45.6 Å². The van der Waals surface area contributed by atoms with E-state index in [0.29, 0.717) is 17.2 Å². The molecule has 1 aliphatic rings. The average Bonchev–Trinajstić information content (AvgIpc) is 2.68. The number of carbonyl (C=O) groups excluding carboxylic acids is 2. The van der Waals surface area contributed by atoms with Crippen molar-refractivity contribution in [2.24, 2.45) is 5.92 Å². The number of anilines is 1. The third-order valence-electron chi connectivity index (χ3n) is 5.19. The molecule has 3 rings (SSSR count). The molecular weight excluding hydrogens is 364 g/mol. The van der Waals surface area contributed by atoms with Crippen LogP contribution in [0.5, 0.6) is 0 Å². The lowest BCUT2D eigenvalue weighted by Gasteiger charge is -2.32. The minimum absolute atomic E-state index is 0.0621. The number of nitrogens with zero attached hydrogens (tertiary/aromatic N) is 1. The van der Waals surface area contributed by atoms with E-state index in [-0.39, 0.29) is 11.5 Å². The molecular formula is C24H30N2O3. The first-order valence-electron chi connectivity index (χ1n) is 10.2. The molecule has 0 bridgehead atoms. The lowest BCUT2D eigenvalue weighted by molar-refractivity contribution is 0.00708. The van der Waals surface area contributed by atoms with Crippen molar-refractivity contribution in [2.75, 3.05) is 18.8 Å². The maximum atomic E-state index is 13.0. The van der Waals surface area contributed by atoms with Gasteiger partial charge in [0.15, 0.2) is 0 Å². The van der Waals surface area contributed by atoms with Crippen LogP contribution in [-0.2, 0) is 11.2 Å². The van der Waals surface area contributed by atoms with Crippen LogP contribution in [0.15, 0.2) is 48.5 Å². The van der Waals surface area contributed by atoms with Crippen molar-refractivity contribution in [3.05, 3.63) is 65.2 Å². The Bertz CT molecular complexity index is 863. The molecule has 1 heterocycles. The molecule has 1 amide bonds. The van der Waals surface area contributed by atoms with Crippen LogP contribution in [0.3, 0.4) is 0 Å². The number of amides is 1. The van der Waals surface area contributed by atoms with Gasteiger partial charge in [-0.05, 0) is 69.7 Å². The average molecular weight is 395 g/mol. The van der Waals surface area contributed by atoms with Crippen LogP contribution in [0.1, 0.15) is 59.9 Å². The maximum Gasteiger partial charge on any atom is 0.340 e. The number of piperidine rings is 1. The Labute approximate surface area is 172 Å². The van der Waals surface area contributed by atoms with E-state index in [1.807, 2.05) is 11.0 Å². The van der Waals surface area contributed by atoms with Crippen LogP contribution < -0.4 is 5.73 Å². The van der Waals surface area contributed by atoms with Crippen LogP contribution in [0, 0.1) is 5.92 Å². The second-order valence-electron chi connectivity index (χ2n) is 8.73. The third kappa shape index (κ3) is 5.59. The number of rotatable bonds is 4.